The van der Waals surface area contributed by atoms with Crippen LogP contribution in [-0.2, 0) is 18.4 Å². The number of hydrogen-bond acceptors (Lipinski definition) is 4. The van der Waals surface area contributed by atoms with Crippen LogP contribution in [0, 0.1) is 0 Å². The first-order valence-electron chi connectivity index (χ1n) is 7.46. The summed E-state index contributed by atoms with van der Waals surface area (Å²) in [5.41, 5.74) is 0.781. The summed E-state index contributed by atoms with van der Waals surface area (Å²) < 4.78 is 7.60. The van der Waals surface area contributed by atoms with E-state index in [1.54, 1.807) is 6.20 Å². The van der Waals surface area contributed by atoms with E-state index in [1.807, 2.05) is 42.1 Å². The number of anilines is 1. The molecule has 116 valence electrons. The van der Waals surface area contributed by atoms with E-state index in [0.717, 1.165) is 36.6 Å². The van der Waals surface area contributed by atoms with Crippen LogP contribution >= 0.6 is 0 Å². The molecule has 3 rings (SSSR count). The molecule has 22 heavy (non-hydrogen) atoms. The van der Waals surface area contributed by atoms with Crippen LogP contribution in [0.3, 0.4) is 0 Å². The zero-order valence-electron chi connectivity index (χ0n) is 12.6. The van der Waals surface area contributed by atoms with Crippen molar-refractivity contribution in [2.45, 2.75) is 25.5 Å². The summed E-state index contributed by atoms with van der Waals surface area (Å²) in [7, 11) is 1.93. The molecule has 0 radical (unpaired) electrons. The van der Waals surface area contributed by atoms with Crippen molar-refractivity contribution in [2.24, 2.45) is 7.05 Å². The largest absolute Gasteiger partial charge is 0.486 e. The molecule has 1 aromatic heterocycles. The molecule has 2 aromatic rings. The number of amides is 1. The second-order valence-electron chi connectivity index (χ2n) is 5.41. The normalized spacial score (nSPS) is 17.4. The van der Waals surface area contributed by atoms with Crippen molar-refractivity contribution in [3.8, 4) is 5.75 Å². The summed E-state index contributed by atoms with van der Waals surface area (Å²) in [6, 6.07) is 7.32. The lowest BCUT2D eigenvalue weighted by Gasteiger charge is -2.12. The lowest BCUT2D eigenvalue weighted by atomic mass is 10.2. The van der Waals surface area contributed by atoms with Gasteiger partial charge in [0.2, 0.25) is 5.91 Å². The first-order valence-corrected chi connectivity index (χ1v) is 7.46. The number of benzene rings is 1. The zero-order chi connectivity index (χ0) is 15.4. The second kappa shape index (κ2) is 6.62. The van der Waals surface area contributed by atoms with Crippen LogP contribution in [0.1, 0.15) is 18.7 Å². The van der Waals surface area contributed by atoms with Gasteiger partial charge in [0.25, 0.3) is 0 Å². The number of imidazole rings is 1. The Bertz CT molecular complexity index is 630. The molecule has 1 fully saturated rings. The highest BCUT2D eigenvalue weighted by Gasteiger charge is 2.21. The molecular weight excluding hydrogens is 280 g/mol. The lowest BCUT2D eigenvalue weighted by molar-refractivity contribution is -0.117. The predicted octanol–water partition coefficient (Wildman–Crippen LogP) is 1.69. The standard InChI is InChI=1S/C16H20N4O2/c1-20-10-9-18-15(20)11-22-13-6-4-12(5-7-13)19-16(21)14-3-2-8-17-14/h4-7,9-10,14,17H,2-3,8,11H2,1H3,(H,19,21). The molecule has 1 amide bonds. The van der Waals surface area contributed by atoms with E-state index in [0.29, 0.717) is 6.61 Å². The summed E-state index contributed by atoms with van der Waals surface area (Å²) in [4.78, 5) is 16.2. The third kappa shape index (κ3) is 3.46. The molecule has 1 aromatic carbocycles. The fourth-order valence-electron chi connectivity index (χ4n) is 2.46. The van der Waals surface area contributed by atoms with Gasteiger partial charge in [-0.15, -0.1) is 0 Å². The molecular formula is C16H20N4O2. The van der Waals surface area contributed by atoms with E-state index >= 15 is 0 Å². The first kappa shape index (κ1) is 14.6. The van der Waals surface area contributed by atoms with Crippen molar-refractivity contribution in [3.05, 3.63) is 42.5 Å². The molecule has 1 aliphatic rings. The Hall–Kier alpha value is -2.34. The highest BCUT2D eigenvalue weighted by atomic mass is 16.5. The molecule has 0 spiro atoms. The minimum Gasteiger partial charge on any atom is -0.486 e. The Morgan fingerprint density at radius 3 is 2.91 bits per heavy atom. The smallest absolute Gasteiger partial charge is 0.241 e. The molecule has 0 aliphatic carbocycles. The number of aryl methyl sites for hydroxylation is 1. The van der Waals surface area contributed by atoms with Gasteiger partial charge in [-0.2, -0.15) is 0 Å². The summed E-state index contributed by atoms with van der Waals surface area (Å²) >= 11 is 0. The highest BCUT2D eigenvalue weighted by Crippen LogP contribution is 2.17. The average Bonchev–Trinajstić information content (AvgIpc) is 3.18. The number of hydrogen-bond donors (Lipinski definition) is 2. The molecule has 1 aliphatic heterocycles. The summed E-state index contributed by atoms with van der Waals surface area (Å²) in [5, 5.41) is 6.10. The zero-order valence-corrected chi connectivity index (χ0v) is 12.6. The van der Waals surface area contributed by atoms with Crippen molar-refractivity contribution < 1.29 is 9.53 Å². The van der Waals surface area contributed by atoms with Gasteiger partial charge in [0, 0.05) is 25.1 Å². The molecule has 1 unspecified atom stereocenters. The highest BCUT2D eigenvalue weighted by molar-refractivity contribution is 5.95. The van der Waals surface area contributed by atoms with Crippen LogP contribution in [0.4, 0.5) is 5.69 Å². The first-order chi connectivity index (χ1) is 10.7. The van der Waals surface area contributed by atoms with Crippen molar-refractivity contribution in [1.29, 1.82) is 0 Å². The fourth-order valence-corrected chi connectivity index (χ4v) is 2.46. The molecule has 1 saturated heterocycles. The van der Waals surface area contributed by atoms with Crippen LogP contribution in [0.5, 0.6) is 5.75 Å². The van der Waals surface area contributed by atoms with Crippen molar-refractivity contribution in [2.75, 3.05) is 11.9 Å². The maximum Gasteiger partial charge on any atom is 0.241 e. The number of carbonyl (C=O) groups is 1. The maximum absolute atomic E-state index is 12.0. The van der Waals surface area contributed by atoms with Gasteiger partial charge >= 0.3 is 0 Å². The van der Waals surface area contributed by atoms with Gasteiger partial charge in [-0.25, -0.2) is 4.98 Å². The van der Waals surface area contributed by atoms with Gasteiger partial charge in [0.1, 0.15) is 18.2 Å². The molecule has 6 nitrogen and oxygen atoms in total. The van der Waals surface area contributed by atoms with Gasteiger partial charge < -0.3 is 19.9 Å². The molecule has 6 heteroatoms. The summed E-state index contributed by atoms with van der Waals surface area (Å²) in [6.07, 6.45) is 5.58. The molecule has 2 heterocycles. The Balaban J connectivity index is 1.53. The Morgan fingerprint density at radius 2 is 2.27 bits per heavy atom. The summed E-state index contributed by atoms with van der Waals surface area (Å²) in [5.74, 6) is 1.64. The van der Waals surface area contributed by atoms with E-state index in [2.05, 4.69) is 15.6 Å². The quantitative estimate of drug-likeness (QED) is 0.882. The third-order valence-corrected chi connectivity index (χ3v) is 3.79. The Kier molecular flexibility index (Phi) is 4.39. The van der Waals surface area contributed by atoms with Gasteiger partial charge in [0.05, 0.1) is 6.04 Å². The Labute approximate surface area is 129 Å². The van der Waals surface area contributed by atoms with Gasteiger partial charge in [0.15, 0.2) is 0 Å². The van der Waals surface area contributed by atoms with Crippen molar-refractivity contribution >= 4 is 11.6 Å². The van der Waals surface area contributed by atoms with E-state index in [9.17, 15) is 4.79 Å². The van der Waals surface area contributed by atoms with Crippen molar-refractivity contribution in [1.82, 2.24) is 14.9 Å². The lowest BCUT2D eigenvalue weighted by Crippen LogP contribution is -2.35. The fraction of sp³-hybridized carbons (Fsp3) is 0.375. The van der Waals surface area contributed by atoms with Crippen LogP contribution in [-0.4, -0.2) is 28.0 Å². The van der Waals surface area contributed by atoms with Crippen LogP contribution in [0.25, 0.3) is 0 Å². The summed E-state index contributed by atoms with van der Waals surface area (Å²) in [6.45, 7) is 1.33. The Morgan fingerprint density at radius 1 is 1.45 bits per heavy atom. The molecule has 0 bridgehead atoms. The SMILES string of the molecule is Cn1ccnc1COc1ccc(NC(=O)C2CCCN2)cc1. The number of nitrogens with one attached hydrogen (secondary N) is 2. The van der Waals surface area contributed by atoms with E-state index in [-0.39, 0.29) is 11.9 Å². The monoisotopic (exact) mass is 300 g/mol. The molecule has 2 N–H and O–H groups in total. The minimum absolute atomic E-state index is 0.0270. The maximum atomic E-state index is 12.0. The average molecular weight is 300 g/mol. The van der Waals surface area contributed by atoms with E-state index < -0.39 is 0 Å². The number of rotatable bonds is 5. The number of ether oxygens (including phenoxy) is 1. The van der Waals surface area contributed by atoms with E-state index in [4.69, 9.17) is 4.74 Å². The number of aromatic nitrogens is 2. The molecule has 0 saturated carbocycles. The third-order valence-electron chi connectivity index (χ3n) is 3.79. The number of nitrogens with zero attached hydrogens (tertiary/aromatic N) is 2. The predicted molar refractivity (Wildman–Crippen MR) is 83.6 cm³/mol. The van der Waals surface area contributed by atoms with Crippen LogP contribution < -0.4 is 15.4 Å². The van der Waals surface area contributed by atoms with E-state index in [1.165, 1.54) is 0 Å². The van der Waals surface area contributed by atoms with Crippen molar-refractivity contribution in [3.63, 3.8) is 0 Å². The minimum atomic E-state index is -0.0701. The second-order valence-corrected chi connectivity index (χ2v) is 5.41. The van der Waals surface area contributed by atoms with Crippen LogP contribution in [0.15, 0.2) is 36.7 Å². The number of carbonyl (C=O) groups excluding carboxylic acids is 1. The topological polar surface area (TPSA) is 68.2 Å². The molecule has 1 atom stereocenters. The van der Waals surface area contributed by atoms with Gasteiger partial charge in [-0.1, -0.05) is 0 Å². The van der Waals surface area contributed by atoms with Gasteiger partial charge in [-0.3, -0.25) is 4.79 Å². The van der Waals surface area contributed by atoms with Gasteiger partial charge in [-0.05, 0) is 43.7 Å². The van der Waals surface area contributed by atoms with Crippen LogP contribution in [0.2, 0.25) is 0 Å².